The summed E-state index contributed by atoms with van der Waals surface area (Å²) in [5, 5.41) is 0. The summed E-state index contributed by atoms with van der Waals surface area (Å²) in [6, 6.07) is 25.8. The molecule has 0 aliphatic heterocycles. The summed E-state index contributed by atoms with van der Waals surface area (Å²) in [7, 11) is -2.21. The molecule has 0 aliphatic carbocycles. The van der Waals surface area contributed by atoms with Crippen molar-refractivity contribution in [3.8, 4) is 0 Å². The fraction of sp³-hybridized carbons (Fsp3) is 0.345. The molecule has 3 rings (SSSR count). The van der Waals surface area contributed by atoms with Gasteiger partial charge in [0.25, 0.3) is 0 Å². The maximum atomic E-state index is 12.5. The van der Waals surface area contributed by atoms with Crippen LogP contribution in [0.15, 0.2) is 87.5 Å². The second kappa shape index (κ2) is 9.95. The first-order chi connectivity index (χ1) is 15.1. The molecule has 0 bridgehead atoms. The molecule has 0 fully saturated rings. The zero-order valence-corrected chi connectivity index (χ0v) is 21.2. The first-order valence-corrected chi connectivity index (χ1v) is 13.0. The highest BCUT2D eigenvalue weighted by atomic mass is 32.3. The zero-order valence-electron chi connectivity index (χ0n) is 20.4. The zero-order chi connectivity index (χ0) is 23.5. The highest BCUT2D eigenvalue weighted by Crippen LogP contribution is 2.69. The molecule has 0 aromatic heterocycles. The van der Waals surface area contributed by atoms with E-state index in [0.717, 1.165) is 14.7 Å². The van der Waals surface area contributed by atoms with Gasteiger partial charge in [-0.15, -0.1) is 0 Å². The van der Waals surface area contributed by atoms with Crippen molar-refractivity contribution in [1.82, 2.24) is 0 Å². The molecular formula is C29H36O2S. The molecule has 0 aliphatic rings. The Balaban J connectivity index is 2.28. The predicted octanol–water partition coefficient (Wildman–Crippen LogP) is 8.82. The minimum absolute atomic E-state index is 0.270. The number of rotatable bonds is 7. The Morgan fingerprint density at radius 1 is 0.562 bits per heavy atom. The van der Waals surface area contributed by atoms with E-state index < -0.39 is 10.3 Å². The average molecular weight is 449 g/mol. The Hall–Kier alpha value is -2.52. The molecule has 0 spiro atoms. The van der Waals surface area contributed by atoms with Crippen LogP contribution in [0.1, 0.15) is 82.9 Å². The Labute approximate surface area is 195 Å². The molecule has 3 aromatic rings. The number of carbonyl (C=O) groups is 1. The first-order valence-electron chi connectivity index (χ1n) is 11.5. The lowest BCUT2D eigenvalue weighted by molar-refractivity contribution is -0.131. The third kappa shape index (κ3) is 4.94. The summed E-state index contributed by atoms with van der Waals surface area (Å²) in [6.07, 6.45) is 0. The number of hydrogen-bond acceptors (Lipinski definition) is 2. The summed E-state index contributed by atoms with van der Waals surface area (Å²) in [6.45, 7) is 14.7. The SMILES string of the molecule is CC(=O)OS(c1ccc(C(C)C)cc1)(c1ccc(C(C)C)cc1)c1ccc(C(C)C)cc1. The van der Waals surface area contributed by atoms with Crippen LogP contribution in [0.5, 0.6) is 0 Å². The van der Waals surface area contributed by atoms with Crippen molar-refractivity contribution in [2.45, 2.75) is 80.9 Å². The molecule has 0 N–H and O–H groups in total. The van der Waals surface area contributed by atoms with Crippen LogP contribution < -0.4 is 0 Å². The smallest absolute Gasteiger partial charge is 0.313 e. The quantitative estimate of drug-likeness (QED) is 0.361. The largest absolute Gasteiger partial charge is 0.402 e. The van der Waals surface area contributed by atoms with Gasteiger partial charge in [-0.3, -0.25) is 4.79 Å². The maximum absolute atomic E-state index is 12.5. The third-order valence-electron chi connectivity index (χ3n) is 5.88. The fourth-order valence-corrected chi connectivity index (χ4v) is 6.88. The lowest BCUT2D eigenvalue weighted by Gasteiger charge is -2.40. The molecule has 0 saturated heterocycles. The predicted molar refractivity (Wildman–Crippen MR) is 136 cm³/mol. The maximum Gasteiger partial charge on any atom is 0.313 e. The molecule has 0 saturated carbocycles. The lowest BCUT2D eigenvalue weighted by Crippen LogP contribution is -2.12. The van der Waals surface area contributed by atoms with Gasteiger partial charge in [-0.2, -0.15) is 0 Å². The topological polar surface area (TPSA) is 26.3 Å². The average Bonchev–Trinajstić information content (AvgIpc) is 2.77. The second-order valence-electron chi connectivity index (χ2n) is 9.30. The van der Waals surface area contributed by atoms with E-state index in [0.29, 0.717) is 17.8 Å². The van der Waals surface area contributed by atoms with Crippen LogP contribution in [0, 0.1) is 0 Å². The first kappa shape index (κ1) is 24.1. The van der Waals surface area contributed by atoms with E-state index in [1.807, 2.05) is 0 Å². The van der Waals surface area contributed by atoms with Crippen LogP contribution in [-0.2, 0) is 8.98 Å². The Morgan fingerprint density at radius 2 is 0.812 bits per heavy atom. The molecule has 0 atom stereocenters. The van der Waals surface area contributed by atoms with Gasteiger partial charge in [0.1, 0.15) is 0 Å². The summed E-state index contributed by atoms with van der Waals surface area (Å²) < 4.78 is 6.34. The summed E-state index contributed by atoms with van der Waals surface area (Å²) in [5.74, 6) is 1.06. The molecule has 0 unspecified atom stereocenters. The van der Waals surface area contributed by atoms with Crippen molar-refractivity contribution >= 4 is 16.3 Å². The van der Waals surface area contributed by atoms with Gasteiger partial charge in [-0.25, -0.2) is 0 Å². The Morgan fingerprint density at radius 3 is 1.00 bits per heavy atom. The summed E-state index contributed by atoms with van der Waals surface area (Å²) in [4.78, 5) is 15.6. The van der Waals surface area contributed by atoms with Crippen LogP contribution in [0.25, 0.3) is 0 Å². The van der Waals surface area contributed by atoms with E-state index in [-0.39, 0.29) is 5.97 Å². The van der Waals surface area contributed by atoms with Gasteiger partial charge < -0.3 is 4.18 Å². The van der Waals surface area contributed by atoms with Gasteiger partial charge in [-0.1, -0.05) is 77.9 Å². The molecule has 32 heavy (non-hydrogen) atoms. The van der Waals surface area contributed by atoms with Gasteiger partial charge >= 0.3 is 5.97 Å². The fourth-order valence-electron chi connectivity index (χ4n) is 3.86. The van der Waals surface area contributed by atoms with Crippen molar-refractivity contribution in [3.05, 3.63) is 89.5 Å². The van der Waals surface area contributed by atoms with Crippen molar-refractivity contribution in [2.75, 3.05) is 0 Å². The summed E-state index contributed by atoms with van der Waals surface area (Å²) in [5.41, 5.74) is 3.82. The van der Waals surface area contributed by atoms with Gasteiger partial charge in [0.05, 0.1) is 0 Å². The minimum Gasteiger partial charge on any atom is -0.402 e. The lowest BCUT2D eigenvalue weighted by atomic mass is 10.0. The van der Waals surface area contributed by atoms with E-state index in [4.69, 9.17) is 4.18 Å². The van der Waals surface area contributed by atoms with Crippen LogP contribution in [0.3, 0.4) is 0 Å². The van der Waals surface area contributed by atoms with Gasteiger partial charge in [0.2, 0.25) is 0 Å². The van der Waals surface area contributed by atoms with Gasteiger partial charge in [-0.05, 0) is 81.2 Å². The number of hydrogen-bond donors (Lipinski definition) is 0. The van der Waals surface area contributed by atoms with Crippen LogP contribution in [0.2, 0.25) is 0 Å². The van der Waals surface area contributed by atoms with E-state index >= 15 is 0 Å². The molecule has 0 radical (unpaired) electrons. The van der Waals surface area contributed by atoms with Crippen molar-refractivity contribution in [2.24, 2.45) is 0 Å². The second-order valence-corrected chi connectivity index (χ2v) is 12.0. The molecule has 0 heterocycles. The minimum atomic E-state index is -2.21. The molecule has 3 aromatic carbocycles. The van der Waals surface area contributed by atoms with Gasteiger partial charge in [0, 0.05) is 21.6 Å². The van der Waals surface area contributed by atoms with Crippen LogP contribution in [0.4, 0.5) is 0 Å². The van der Waals surface area contributed by atoms with Crippen molar-refractivity contribution in [1.29, 1.82) is 0 Å². The van der Waals surface area contributed by atoms with E-state index in [2.05, 4.69) is 114 Å². The molecule has 0 amide bonds. The number of carbonyl (C=O) groups excluding carboxylic acids is 1. The standard InChI is InChI=1S/C29H36O2S/c1-20(2)24-8-14-27(15-9-24)32(31-23(7)30,28-16-10-25(11-17-28)21(3)4)29-18-12-26(13-19-29)22(5)6/h8-22H,1-7H3. The van der Waals surface area contributed by atoms with E-state index in [1.54, 1.807) is 0 Å². The Kier molecular flexibility index (Phi) is 7.51. The molecule has 2 nitrogen and oxygen atoms in total. The van der Waals surface area contributed by atoms with Crippen molar-refractivity contribution < 1.29 is 8.98 Å². The Bertz CT molecular complexity index is 905. The molecule has 170 valence electrons. The van der Waals surface area contributed by atoms with Crippen LogP contribution in [-0.4, -0.2) is 5.97 Å². The van der Waals surface area contributed by atoms with E-state index in [9.17, 15) is 4.79 Å². The molecule has 3 heteroatoms. The third-order valence-corrected chi connectivity index (χ3v) is 9.17. The van der Waals surface area contributed by atoms with Crippen LogP contribution >= 0.6 is 10.3 Å². The van der Waals surface area contributed by atoms with E-state index in [1.165, 1.54) is 23.6 Å². The summed E-state index contributed by atoms with van der Waals surface area (Å²) >= 11 is 0. The number of benzene rings is 3. The molecular weight excluding hydrogens is 412 g/mol. The highest BCUT2D eigenvalue weighted by molar-refractivity contribution is 8.30. The normalized spacial score (nSPS) is 12.4. The van der Waals surface area contributed by atoms with Gasteiger partial charge in [0.15, 0.2) is 0 Å². The highest BCUT2D eigenvalue weighted by Gasteiger charge is 2.35. The van der Waals surface area contributed by atoms with Crippen molar-refractivity contribution in [3.63, 3.8) is 0 Å². The monoisotopic (exact) mass is 448 g/mol.